The maximum Gasteiger partial charge on any atom is 0.273 e. The van der Waals surface area contributed by atoms with Crippen LogP contribution in [0.4, 0.5) is 5.69 Å². The predicted molar refractivity (Wildman–Crippen MR) is 77.9 cm³/mol. The largest absolute Gasteiger partial charge is 0.321 e. The topological polar surface area (TPSA) is 59.0 Å². The van der Waals surface area contributed by atoms with Crippen molar-refractivity contribution in [1.29, 1.82) is 0 Å². The Hall–Kier alpha value is -1.85. The van der Waals surface area contributed by atoms with Crippen LogP contribution in [0.2, 0.25) is 5.02 Å². The smallest absolute Gasteiger partial charge is 0.273 e. The van der Waals surface area contributed by atoms with E-state index in [1.54, 1.807) is 18.3 Å². The zero-order valence-electron chi connectivity index (χ0n) is 11.1. The second kappa shape index (κ2) is 5.26. The number of carbonyl (C=O) groups excluding carboxylic acids is 1. The number of rotatable bonds is 2. The molecule has 0 saturated carbocycles. The van der Waals surface area contributed by atoms with Crippen molar-refractivity contribution in [3.05, 3.63) is 47.0 Å². The second-order valence-corrected chi connectivity index (χ2v) is 5.29. The van der Waals surface area contributed by atoms with E-state index in [4.69, 9.17) is 11.6 Å². The lowest BCUT2D eigenvalue weighted by atomic mass is 10.2. The second-order valence-electron chi connectivity index (χ2n) is 4.89. The van der Waals surface area contributed by atoms with E-state index in [0.29, 0.717) is 29.0 Å². The van der Waals surface area contributed by atoms with E-state index in [1.165, 1.54) is 0 Å². The van der Waals surface area contributed by atoms with Gasteiger partial charge in [-0.2, -0.15) is 0 Å². The number of hydrogen-bond donors (Lipinski definition) is 2. The van der Waals surface area contributed by atoms with Gasteiger partial charge < -0.3 is 15.2 Å². The van der Waals surface area contributed by atoms with Crippen LogP contribution in [0.15, 0.2) is 30.5 Å². The van der Waals surface area contributed by atoms with Gasteiger partial charge in [0.2, 0.25) is 0 Å². The van der Waals surface area contributed by atoms with Crippen molar-refractivity contribution in [2.24, 2.45) is 0 Å². The molecule has 1 aromatic carbocycles. The number of imidazole rings is 1. The summed E-state index contributed by atoms with van der Waals surface area (Å²) in [5, 5.41) is 6.66. The summed E-state index contributed by atoms with van der Waals surface area (Å²) >= 11 is 6.05. The summed E-state index contributed by atoms with van der Waals surface area (Å²) in [7, 11) is 0. The minimum absolute atomic E-state index is 0.189. The lowest BCUT2D eigenvalue weighted by Gasteiger charge is -2.23. The van der Waals surface area contributed by atoms with Crippen LogP contribution in [-0.4, -0.2) is 21.5 Å². The zero-order chi connectivity index (χ0) is 14.1. The van der Waals surface area contributed by atoms with Crippen LogP contribution in [0.5, 0.6) is 0 Å². The number of fused-ring (bicyclic) bond motifs is 1. The molecule has 2 heterocycles. The van der Waals surface area contributed by atoms with E-state index in [9.17, 15) is 4.79 Å². The molecule has 6 heteroatoms. The predicted octanol–water partition coefficient (Wildman–Crippen LogP) is 2.28. The summed E-state index contributed by atoms with van der Waals surface area (Å²) in [6, 6.07) is 7.50. The number of nitrogens with one attached hydrogen (secondary N) is 2. The number of carbonyl (C=O) groups is 1. The number of benzene rings is 1. The van der Waals surface area contributed by atoms with Crippen molar-refractivity contribution in [1.82, 2.24) is 14.9 Å². The molecular formula is C14H15ClN4O. The molecular weight excluding hydrogens is 276 g/mol. The Bertz CT molecular complexity index is 652. The first-order valence-electron chi connectivity index (χ1n) is 6.49. The molecule has 1 aromatic heterocycles. The number of amides is 1. The lowest BCUT2D eigenvalue weighted by Crippen LogP contribution is -2.38. The van der Waals surface area contributed by atoms with E-state index < -0.39 is 0 Å². The maximum atomic E-state index is 12.4. The number of para-hydroxylation sites is 1. The molecule has 0 bridgehead atoms. The van der Waals surface area contributed by atoms with Crippen molar-refractivity contribution in [2.75, 3.05) is 5.32 Å². The summed E-state index contributed by atoms with van der Waals surface area (Å²) in [6.07, 6.45) is 1.61. The molecule has 2 aromatic rings. The third-order valence-electron chi connectivity index (χ3n) is 3.36. The Labute approximate surface area is 122 Å². The van der Waals surface area contributed by atoms with Crippen LogP contribution in [0.1, 0.15) is 23.2 Å². The average Bonchev–Trinajstić information content (AvgIpc) is 2.84. The molecule has 0 fully saturated rings. The molecule has 1 amide bonds. The molecule has 5 nitrogen and oxygen atoms in total. The molecule has 3 rings (SSSR count). The first kappa shape index (κ1) is 13.1. The molecule has 2 N–H and O–H groups in total. The third kappa shape index (κ3) is 2.42. The van der Waals surface area contributed by atoms with E-state index in [-0.39, 0.29) is 5.91 Å². The normalized spacial score (nSPS) is 17.6. The van der Waals surface area contributed by atoms with Gasteiger partial charge >= 0.3 is 0 Å². The monoisotopic (exact) mass is 290 g/mol. The highest BCUT2D eigenvalue weighted by molar-refractivity contribution is 6.33. The summed E-state index contributed by atoms with van der Waals surface area (Å²) in [5.41, 5.74) is 1.17. The van der Waals surface area contributed by atoms with Gasteiger partial charge in [-0.3, -0.25) is 4.79 Å². The highest BCUT2D eigenvalue weighted by Gasteiger charge is 2.22. The zero-order valence-corrected chi connectivity index (χ0v) is 11.8. The molecule has 1 aliphatic rings. The molecule has 104 valence electrons. The first-order valence-corrected chi connectivity index (χ1v) is 6.86. The molecule has 0 saturated heterocycles. The Kier molecular flexibility index (Phi) is 3.46. The SMILES string of the molecule is CC1Cn2c(C(=O)Nc3ccccc3Cl)cnc2CN1. The van der Waals surface area contributed by atoms with Crippen LogP contribution in [0.3, 0.4) is 0 Å². The molecule has 1 atom stereocenters. The quantitative estimate of drug-likeness (QED) is 0.892. The molecule has 20 heavy (non-hydrogen) atoms. The van der Waals surface area contributed by atoms with E-state index >= 15 is 0 Å². The molecule has 0 aliphatic carbocycles. The Balaban J connectivity index is 1.85. The van der Waals surface area contributed by atoms with Crippen LogP contribution in [0, 0.1) is 0 Å². The van der Waals surface area contributed by atoms with E-state index in [1.807, 2.05) is 16.7 Å². The van der Waals surface area contributed by atoms with Crippen molar-refractivity contribution in [2.45, 2.75) is 26.1 Å². The van der Waals surface area contributed by atoms with Crippen LogP contribution in [0.25, 0.3) is 0 Å². The van der Waals surface area contributed by atoms with Gasteiger partial charge in [0.05, 0.1) is 23.5 Å². The maximum absolute atomic E-state index is 12.4. The highest BCUT2D eigenvalue weighted by atomic mass is 35.5. The van der Waals surface area contributed by atoms with Crippen LogP contribution in [-0.2, 0) is 13.1 Å². The minimum Gasteiger partial charge on any atom is -0.321 e. The van der Waals surface area contributed by atoms with Gasteiger partial charge in [0.1, 0.15) is 11.5 Å². The minimum atomic E-state index is -0.189. The number of anilines is 1. The van der Waals surface area contributed by atoms with E-state index in [2.05, 4.69) is 22.5 Å². The third-order valence-corrected chi connectivity index (χ3v) is 3.69. The molecule has 0 radical (unpaired) electrons. The van der Waals surface area contributed by atoms with Gasteiger partial charge in [-0.1, -0.05) is 23.7 Å². The lowest BCUT2D eigenvalue weighted by molar-refractivity contribution is 0.101. The summed E-state index contributed by atoms with van der Waals surface area (Å²) in [4.78, 5) is 16.6. The van der Waals surface area contributed by atoms with Crippen molar-refractivity contribution in [3.8, 4) is 0 Å². The van der Waals surface area contributed by atoms with Gasteiger partial charge in [0, 0.05) is 12.6 Å². The van der Waals surface area contributed by atoms with Gasteiger partial charge in [-0.15, -0.1) is 0 Å². The van der Waals surface area contributed by atoms with Crippen LogP contribution >= 0.6 is 11.6 Å². The summed E-state index contributed by atoms with van der Waals surface area (Å²) < 4.78 is 1.95. The fraction of sp³-hybridized carbons (Fsp3) is 0.286. The fourth-order valence-electron chi connectivity index (χ4n) is 2.29. The van der Waals surface area contributed by atoms with Gasteiger partial charge in [-0.25, -0.2) is 4.98 Å². The standard InChI is InChI=1S/C14H15ClN4O/c1-9-8-19-12(6-17-13(19)7-16-9)14(20)18-11-5-3-2-4-10(11)15/h2-6,9,16H,7-8H2,1H3,(H,18,20). The Morgan fingerprint density at radius 1 is 1.50 bits per heavy atom. The van der Waals surface area contributed by atoms with Gasteiger partial charge in [-0.05, 0) is 19.1 Å². The van der Waals surface area contributed by atoms with E-state index in [0.717, 1.165) is 12.4 Å². The number of halogens is 1. The van der Waals surface area contributed by atoms with Crippen molar-refractivity contribution in [3.63, 3.8) is 0 Å². The van der Waals surface area contributed by atoms with Crippen molar-refractivity contribution < 1.29 is 4.79 Å². The highest BCUT2D eigenvalue weighted by Crippen LogP contribution is 2.21. The molecule has 1 unspecified atom stereocenters. The Morgan fingerprint density at radius 3 is 3.10 bits per heavy atom. The summed E-state index contributed by atoms with van der Waals surface area (Å²) in [6.45, 7) is 3.50. The summed E-state index contributed by atoms with van der Waals surface area (Å²) in [5.74, 6) is 0.693. The molecule has 1 aliphatic heterocycles. The van der Waals surface area contributed by atoms with Crippen molar-refractivity contribution >= 4 is 23.2 Å². The fourth-order valence-corrected chi connectivity index (χ4v) is 2.48. The molecule has 0 spiro atoms. The number of nitrogens with zero attached hydrogens (tertiary/aromatic N) is 2. The van der Waals surface area contributed by atoms with Crippen LogP contribution < -0.4 is 10.6 Å². The van der Waals surface area contributed by atoms with Gasteiger partial charge in [0.15, 0.2) is 0 Å². The average molecular weight is 291 g/mol. The Morgan fingerprint density at radius 2 is 2.30 bits per heavy atom. The first-order chi connectivity index (χ1) is 9.65. The number of hydrogen-bond acceptors (Lipinski definition) is 3. The van der Waals surface area contributed by atoms with Gasteiger partial charge in [0.25, 0.3) is 5.91 Å². The number of aromatic nitrogens is 2.